The third-order valence-corrected chi connectivity index (χ3v) is 6.10. The number of aryl methyl sites for hydroxylation is 2. The van der Waals surface area contributed by atoms with Crippen molar-refractivity contribution < 1.29 is 13.2 Å². The molecule has 1 aliphatic heterocycles. The van der Waals surface area contributed by atoms with Crippen LogP contribution < -0.4 is 10.6 Å². The molecule has 1 fully saturated rings. The second-order valence-corrected chi connectivity index (χ2v) is 9.04. The van der Waals surface area contributed by atoms with Crippen LogP contribution in [0.15, 0.2) is 24.3 Å². The lowest BCUT2D eigenvalue weighted by Gasteiger charge is -2.13. The van der Waals surface area contributed by atoms with Crippen LogP contribution >= 0.6 is 11.6 Å². The predicted molar refractivity (Wildman–Crippen MR) is 102 cm³/mol. The molecule has 1 aromatic carbocycles. The summed E-state index contributed by atoms with van der Waals surface area (Å²) in [5.41, 5.74) is 2.29. The van der Waals surface area contributed by atoms with Crippen LogP contribution in [0.4, 0.5) is 11.6 Å². The minimum absolute atomic E-state index is 0.0491. The Kier molecular flexibility index (Phi) is 5.15. The molecule has 1 atom stereocenters. The Morgan fingerprint density at radius 2 is 2.00 bits per heavy atom. The molecule has 138 valence electrons. The van der Waals surface area contributed by atoms with Crippen molar-refractivity contribution in [3.8, 4) is 0 Å². The minimum Gasteiger partial charge on any atom is -0.350 e. The summed E-state index contributed by atoms with van der Waals surface area (Å²) in [6.45, 7) is 3.62. The van der Waals surface area contributed by atoms with Crippen LogP contribution in [0.25, 0.3) is 0 Å². The van der Waals surface area contributed by atoms with E-state index < -0.39 is 9.84 Å². The van der Waals surface area contributed by atoms with Crippen LogP contribution in [-0.4, -0.2) is 41.8 Å². The van der Waals surface area contributed by atoms with E-state index in [1.54, 1.807) is 25.1 Å². The minimum atomic E-state index is -3.01. The van der Waals surface area contributed by atoms with Gasteiger partial charge in [-0.15, -0.1) is 0 Å². The zero-order valence-corrected chi connectivity index (χ0v) is 16.0. The smallest absolute Gasteiger partial charge is 0.274 e. The first kappa shape index (κ1) is 18.6. The quantitative estimate of drug-likeness (QED) is 0.826. The van der Waals surface area contributed by atoms with E-state index in [1.165, 1.54) is 0 Å². The molecular formula is C17H19ClN4O3S. The van der Waals surface area contributed by atoms with E-state index in [9.17, 15) is 13.2 Å². The van der Waals surface area contributed by atoms with E-state index in [-0.39, 0.29) is 35.1 Å². The lowest BCUT2D eigenvalue weighted by molar-refractivity contribution is 0.102. The Bertz CT molecular complexity index is 962. The van der Waals surface area contributed by atoms with Gasteiger partial charge in [0, 0.05) is 22.4 Å². The summed E-state index contributed by atoms with van der Waals surface area (Å²) in [6.07, 6.45) is 0.503. The standard InChI is InChI=1S/C17H19ClN4O3S/c1-10-3-4-12(18)8-14(10)21-16(23)15-7-11(2)19-17(22-15)20-13-5-6-26(24,25)9-13/h3-4,7-8,13H,5-6,9H2,1-2H3,(H,21,23)(H,19,20,22). The van der Waals surface area contributed by atoms with Crippen LogP contribution in [0, 0.1) is 13.8 Å². The highest BCUT2D eigenvalue weighted by atomic mass is 35.5. The molecule has 0 saturated carbocycles. The van der Waals surface area contributed by atoms with Gasteiger partial charge >= 0.3 is 0 Å². The maximum Gasteiger partial charge on any atom is 0.274 e. The van der Waals surface area contributed by atoms with Gasteiger partial charge in [-0.3, -0.25) is 4.79 Å². The molecule has 26 heavy (non-hydrogen) atoms. The molecule has 0 radical (unpaired) electrons. The van der Waals surface area contributed by atoms with Gasteiger partial charge in [0.2, 0.25) is 5.95 Å². The largest absolute Gasteiger partial charge is 0.350 e. The monoisotopic (exact) mass is 394 g/mol. The third-order valence-electron chi connectivity index (χ3n) is 4.10. The molecule has 1 saturated heterocycles. The maximum atomic E-state index is 12.6. The number of anilines is 2. The second-order valence-electron chi connectivity index (χ2n) is 6.38. The summed E-state index contributed by atoms with van der Waals surface area (Å²) < 4.78 is 23.2. The summed E-state index contributed by atoms with van der Waals surface area (Å²) in [5.74, 6) is 0.0637. The normalized spacial score (nSPS) is 18.5. The number of benzene rings is 1. The van der Waals surface area contributed by atoms with Crippen LogP contribution in [0.5, 0.6) is 0 Å². The maximum absolute atomic E-state index is 12.6. The Morgan fingerprint density at radius 3 is 2.69 bits per heavy atom. The first-order chi connectivity index (χ1) is 12.2. The highest BCUT2D eigenvalue weighted by Crippen LogP contribution is 2.21. The van der Waals surface area contributed by atoms with E-state index in [0.29, 0.717) is 22.8 Å². The number of nitrogens with zero attached hydrogens (tertiary/aromatic N) is 2. The Morgan fingerprint density at radius 1 is 1.23 bits per heavy atom. The summed E-state index contributed by atoms with van der Waals surface area (Å²) in [5, 5.41) is 6.33. The van der Waals surface area contributed by atoms with Crippen molar-refractivity contribution in [2.24, 2.45) is 0 Å². The van der Waals surface area contributed by atoms with Gasteiger partial charge in [0.15, 0.2) is 9.84 Å². The number of carbonyl (C=O) groups is 1. The van der Waals surface area contributed by atoms with Crippen molar-refractivity contribution in [2.45, 2.75) is 26.3 Å². The van der Waals surface area contributed by atoms with Gasteiger partial charge in [0.05, 0.1) is 11.5 Å². The average molecular weight is 395 g/mol. The van der Waals surface area contributed by atoms with Crippen molar-refractivity contribution in [2.75, 3.05) is 22.1 Å². The number of carbonyl (C=O) groups excluding carboxylic acids is 1. The van der Waals surface area contributed by atoms with Crippen LogP contribution in [0.1, 0.15) is 28.2 Å². The van der Waals surface area contributed by atoms with Crippen molar-refractivity contribution in [3.05, 3.63) is 46.2 Å². The number of rotatable bonds is 4. The number of aromatic nitrogens is 2. The Hall–Kier alpha value is -2.19. The van der Waals surface area contributed by atoms with Crippen molar-refractivity contribution in [3.63, 3.8) is 0 Å². The zero-order valence-electron chi connectivity index (χ0n) is 14.4. The van der Waals surface area contributed by atoms with Crippen LogP contribution in [0.2, 0.25) is 5.02 Å². The average Bonchev–Trinajstić information content (AvgIpc) is 2.89. The van der Waals surface area contributed by atoms with Crippen molar-refractivity contribution >= 4 is 39.0 Å². The van der Waals surface area contributed by atoms with Gasteiger partial charge in [-0.2, -0.15) is 0 Å². The highest BCUT2D eigenvalue weighted by molar-refractivity contribution is 7.91. The first-order valence-corrected chi connectivity index (χ1v) is 10.3. The van der Waals surface area contributed by atoms with Gasteiger partial charge in [-0.1, -0.05) is 17.7 Å². The number of amides is 1. The zero-order chi connectivity index (χ0) is 18.9. The fourth-order valence-corrected chi connectivity index (χ4v) is 4.60. The van der Waals surface area contributed by atoms with E-state index in [2.05, 4.69) is 20.6 Å². The van der Waals surface area contributed by atoms with Crippen LogP contribution in [-0.2, 0) is 9.84 Å². The highest BCUT2D eigenvalue weighted by Gasteiger charge is 2.28. The molecule has 3 rings (SSSR count). The summed E-state index contributed by atoms with van der Waals surface area (Å²) in [6, 6.07) is 6.57. The SMILES string of the molecule is Cc1cc(C(=O)Nc2cc(Cl)ccc2C)nc(NC2CCS(=O)(=O)C2)n1. The molecule has 1 unspecified atom stereocenters. The van der Waals surface area contributed by atoms with E-state index in [0.717, 1.165) is 5.56 Å². The molecule has 2 heterocycles. The molecule has 7 nitrogen and oxygen atoms in total. The summed E-state index contributed by atoms with van der Waals surface area (Å²) in [4.78, 5) is 21.0. The van der Waals surface area contributed by atoms with E-state index >= 15 is 0 Å². The van der Waals surface area contributed by atoms with Gasteiger partial charge in [-0.25, -0.2) is 18.4 Å². The molecule has 2 aromatic rings. The molecule has 1 aromatic heterocycles. The topological polar surface area (TPSA) is 101 Å². The van der Waals surface area contributed by atoms with Gasteiger partial charge in [0.1, 0.15) is 5.69 Å². The van der Waals surface area contributed by atoms with Gasteiger partial charge in [-0.05, 0) is 44.0 Å². The molecule has 1 aliphatic rings. The molecule has 0 spiro atoms. The Labute approximate surface area is 157 Å². The van der Waals surface area contributed by atoms with Crippen molar-refractivity contribution in [1.29, 1.82) is 0 Å². The first-order valence-electron chi connectivity index (χ1n) is 8.12. The molecule has 9 heteroatoms. The predicted octanol–water partition coefficient (Wildman–Crippen LogP) is 2.60. The second kappa shape index (κ2) is 7.20. The number of halogens is 1. The van der Waals surface area contributed by atoms with Crippen LogP contribution in [0.3, 0.4) is 0 Å². The van der Waals surface area contributed by atoms with Crippen molar-refractivity contribution in [1.82, 2.24) is 9.97 Å². The third kappa shape index (κ3) is 4.50. The lowest BCUT2D eigenvalue weighted by atomic mass is 10.2. The van der Waals surface area contributed by atoms with E-state index in [1.807, 2.05) is 13.0 Å². The van der Waals surface area contributed by atoms with E-state index in [4.69, 9.17) is 11.6 Å². The molecule has 2 N–H and O–H groups in total. The fraction of sp³-hybridized carbons (Fsp3) is 0.353. The fourth-order valence-electron chi connectivity index (χ4n) is 2.76. The lowest BCUT2D eigenvalue weighted by Crippen LogP contribution is -2.23. The Balaban J connectivity index is 1.78. The number of nitrogens with one attached hydrogen (secondary N) is 2. The summed E-state index contributed by atoms with van der Waals surface area (Å²) in [7, 11) is -3.01. The number of sulfone groups is 1. The molecule has 0 aliphatic carbocycles. The molecular weight excluding hydrogens is 376 g/mol. The van der Waals surface area contributed by atoms with Gasteiger partial charge in [0.25, 0.3) is 5.91 Å². The summed E-state index contributed by atoms with van der Waals surface area (Å²) >= 11 is 5.98. The molecule has 1 amide bonds. The van der Waals surface area contributed by atoms with Gasteiger partial charge < -0.3 is 10.6 Å². The number of hydrogen-bond donors (Lipinski definition) is 2. The number of hydrogen-bond acceptors (Lipinski definition) is 6. The molecule has 0 bridgehead atoms.